The summed E-state index contributed by atoms with van der Waals surface area (Å²) in [7, 11) is 1.83. The number of hydrogen-bond acceptors (Lipinski definition) is 4. The van der Waals surface area contributed by atoms with Gasteiger partial charge >= 0.3 is 0 Å². The highest BCUT2D eigenvalue weighted by Crippen LogP contribution is 2.39. The Hall–Kier alpha value is -2.87. The number of nitrogens with zero attached hydrogens (tertiary/aromatic N) is 5. The molecule has 0 saturated carbocycles. The number of hydrogen-bond donors (Lipinski definition) is 1. The van der Waals surface area contributed by atoms with Crippen LogP contribution in [-0.2, 0) is 13.5 Å². The maximum absolute atomic E-state index is 13.2. The molecule has 1 atom stereocenters. The van der Waals surface area contributed by atoms with Crippen LogP contribution in [0.4, 0.5) is 0 Å². The average molecular weight is 440 g/mol. The van der Waals surface area contributed by atoms with Crippen molar-refractivity contribution in [2.75, 3.05) is 6.54 Å². The van der Waals surface area contributed by atoms with Crippen LogP contribution in [0.25, 0.3) is 16.4 Å². The van der Waals surface area contributed by atoms with E-state index in [4.69, 9.17) is 0 Å². The van der Waals surface area contributed by atoms with E-state index in [2.05, 4.69) is 32.1 Å². The highest BCUT2D eigenvalue weighted by atomic mass is 79.9. The number of halogens is 1. The molecular weight excluding hydrogens is 422 g/mol. The van der Waals surface area contributed by atoms with Gasteiger partial charge < -0.3 is 14.6 Å². The van der Waals surface area contributed by atoms with E-state index < -0.39 is 0 Å². The molecule has 4 heterocycles. The van der Waals surface area contributed by atoms with Gasteiger partial charge in [-0.25, -0.2) is 9.50 Å². The Morgan fingerprint density at radius 2 is 2.14 bits per heavy atom. The Morgan fingerprint density at radius 1 is 1.32 bits per heavy atom. The maximum Gasteiger partial charge on any atom is 0.274 e. The number of aryl methyl sites for hydroxylation is 1. The molecule has 0 aliphatic carbocycles. The Balaban J connectivity index is 1.54. The summed E-state index contributed by atoms with van der Waals surface area (Å²) in [4.78, 5) is 19.3. The molecule has 1 aromatic carbocycles. The minimum atomic E-state index is -0.114. The predicted octanol–water partition coefficient (Wildman–Crippen LogP) is 3.45. The second kappa shape index (κ2) is 6.07. The van der Waals surface area contributed by atoms with Gasteiger partial charge in [0.2, 0.25) is 0 Å². The summed E-state index contributed by atoms with van der Waals surface area (Å²) in [5, 5.41) is 16.8. The van der Waals surface area contributed by atoms with Gasteiger partial charge in [0, 0.05) is 49.0 Å². The number of carbonyl (C=O) groups is 1. The van der Waals surface area contributed by atoms with Crippen molar-refractivity contribution in [3.63, 3.8) is 0 Å². The summed E-state index contributed by atoms with van der Waals surface area (Å²) in [5.41, 5.74) is 3.20. The van der Waals surface area contributed by atoms with Crippen LogP contribution in [0.15, 0.2) is 41.3 Å². The molecule has 1 aliphatic rings. The van der Waals surface area contributed by atoms with E-state index in [1.165, 1.54) is 0 Å². The molecule has 28 heavy (non-hydrogen) atoms. The molecule has 1 amide bonds. The lowest BCUT2D eigenvalue weighted by atomic mass is 9.90. The van der Waals surface area contributed by atoms with Gasteiger partial charge in [0.25, 0.3) is 5.91 Å². The molecule has 0 bridgehead atoms. The van der Waals surface area contributed by atoms with Crippen molar-refractivity contribution in [2.24, 2.45) is 7.05 Å². The van der Waals surface area contributed by atoms with Gasteiger partial charge in [0.05, 0.1) is 10.5 Å². The topological polar surface area (TPSA) is 75.7 Å². The number of carbonyl (C=O) groups excluding carboxylic acids is 1. The molecule has 5 rings (SSSR count). The number of fused-ring (bicyclic) bond motifs is 4. The molecule has 7 nitrogen and oxygen atoms in total. The Labute approximate surface area is 169 Å². The molecule has 0 radical (unpaired) electrons. The zero-order valence-corrected chi connectivity index (χ0v) is 17.0. The molecule has 1 N–H and O–H groups in total. The summed E-state index contributed by atoms with van der Waals surface area (Å²) < 4.78 is 4.13. The molecule has 0 saturated heterocycles. The number of amides is 1. The first kappa shape index (κ1) is 17.2. The quantitative estimate of drug-likeness (QED) is 0.492. The van der Waals surface area contributed by atoms with Crippen LogP contribution in [0.3, 0.4) is 0 Å². The third-order valence-corrected chi connectivity index (χ3v) is 5.96. The second-order valence-electron chi connectivity index (χ2n) is 7.19. The van der Waals surface area contributed by atoms with E-state index in [-0.39, 0.29) is 17.8 Å². The third-order valence-electron chi connectivity index (χ3n) is 5.55. The van der Waals surface area contributed by atoms with Gasteiger partial charge in [-0.15, -0.1) is 0 Å². The predicted molar refractivity (Wildman–Crippen MR) is 108 cm³/mol. The fourth-order valence-electron chi connectivity index (χ4n) is 4.14. The lowest BCUT2D eigenvalue weighted by Gasteiger charge is -2.35. The normalized spacial score (nSPS) is 16.7. The van der Waals surface area contributed by atoms with Gasteiger partial charge in [-0.1, -0.05) is 12.1 Å². The van der Waals surface area contributed by atoms with E-state index >= 15 is 0 Å². The average Bonchev–Trinajstić information content (AvgIpc) is 3.22. The standard InChI is InChI=1S/C20H18BrN5O2/c1-11-14-4-3-12-9-24(2)20(28)18(12)15(14)5-6-25(11)19(27)16-7-17-22-8-13(21)10-26(17)23-16/h3-4,7-11,28H,5-6H2,1-2H3. The summed E-state index contributed by atoms with van der Waals surface area (Å²) in [6, 6.07) is 5.67. The van der Waals surface area contributed by atoms with Gasteiger partial charge in [0.15, 0.2) is 17.2 Å². The van der Waals surface area contributed by atoms with Crippen LogP contribution in [0.5, 0.6) is 5.88 Å². The van der Waals surface area contributed by atoms with Crippen molar-refractivity contribution in [2.45, 2.75) is 19.4 Å². The highest BCUT2D eigenvalue weighted by Gasteiger charge is 2.31. The van der Waals surface area contributed by atoms with Crippen LogP contribution in [0.1, 0.15) is 34.6 Å². The van der Waals surface area contributed by atoms with Gasteiger partial charge in [-0.2, -0.15) is 5.10 Å². The zero-order chi connectivity index (χ0) is 19.6. The highest BCUT2D eigenvalue weighted by molar-refractivity contribution is 9.10. The molecule has 8 heteroatoms. The van der Waals surface area contributed by atoms with Crippen molar-refractivity contribution < 1.29 is 9.90 Å². The molecule has 0 fully saturated rings. The molecule has 142 valence electrons. The Bertz CT molecular complexity index is 1260. The first-order chi connectivity index (χ1) is 13.4. The maximum atomic E-state index is 13.2. The van der Waals surface area contributed by atoms with Gasteiger partial charge in [-0.3, -0.25) is 4.79 Å². The Morgan fingerprint density at radius 3 is 2.96 bits per heavy atom. The van der Waals surface area contributed by atoms with E-state index in [1.807, 2.05) is 31.1 Å². The minimum Gasteiger partial charge on any atom is -0.494 e. The summed E-state index contributed by atoms with van der Waals surface area (Å²) in [6.45, 7) is 2.60. The van der Waals surface area contributed by atoms with Crippen molar-refractivity contribution in [1.82, 2.24) is 24.1 Å². The second-order valence-corrected chi connectivity index (χ2v) is 8.11. The van der Waals surface area contributed by atoms with E-state index in [9.17, 15) is 9.90 Å². The molecule has 1 aliphatic heterocycles. The zero-order valence-electron chi connectivity index (χ0n) is 15.4. The molecule has 4 aromatic rings. The Kier molecular flexibility index (Phi) is 3.74. The smallest absolute Gasteiger partial charge is 0.274 e. The summed E-state index contributed by atoms with van der Waals surface area (Å²) in [6.07, 6.45) is 6.08. The van der Waals surface area contributed by atoms with Crippen LogP contribution < -0.4 is 0 Å². The lowest BCUT2D eigenvalue weighted by molar-refractivity contribution is 0.0672. The number of rotatable bonds is 1. The van der Waals surface area contributed by atoms with Crippen molar-refractivity contribution in [1.29, 1.82) is 0 Å². The fraction of sp³-hybridized carbons (Fsp3) is 0.250. The van der Waals surface area contributed by atoms with Crippen LogP contribution in [0.2, 0.25) is 0 Å². The first-order valence-corrected chi connectivity index (χ1v) is 9.85. The van der Waals surface area contributed by atoms with Crippen molar-refractivity contribution in [3.8, 4) is 5.88 Å². The number of aromatic hydroxyl groups is 1. The van der Waals surface area contributed by atoms with E-state index in [1.54, 1.807) is 27.5 Å². The first-order valence-electron chi connectivity index (χ1n) is 9.05. The van der Waals surface area contributed by atoms with E-state index in [0.29, 0.717) is 24.3 Å². The third kappa shape index (κ3) is 2.44. The largest absolute Gasteiger partial charge is 0.494 e. The number of aromatic nitrogens is 4. The lowest BCUT2D eigenvalue weighted by Crippen LogP contribution is -2.39. The van der Waals surface area contributed by atoms with E-state index in [0.717, 1.165) is 26.4 Å². The fourth-order valence-corrected chi connectivity index (χ4v) is 4.43. The molecule has 3 aromatic heterocycles. The van der Waals surface area contributed by atoms with Crippen LogP contribution >= 0.6 is 15.9 Å². The van der Waals surface area contributed by atoms with Gasteiger partial charge in [-0.05, 0) is 40.4 Å². The molecular formula is C20H18BrN5O2. The summed E-state index contributed by atoms with van der Waals surface area (Å²) >= 11 is 3.37. The SMILES string of the molecule is CC1c2ccc3cn(C)c(O)c3c2CCN1C(=O)c1cc2ncc(Br)cn2n1. The van der Waals surface area contributed by atoms with Crippen LogP contribution in [0, 0.1) is 0 Å². The van der Waals surface area contributed by atoms with Crippen molar-refractivity contribution >= 4 is 38.3 Å². The molecule has 0 spiro atoms. The minimum absolute atomic E-state index is 0.107. The van der Waals surface area contributed by atoms with Crippen LogP contribution in [-0.4, -0.2) is 41.6 Å². The monoisotopic (exact) mass is 439 g/mol. The molecule has 1 unspecified atom stereocenters. The van der Waals surface area contributed by atoms with Gasteiger partial charge in [0.1, 0.15) is 0 Å². The van der Waals surface area contributed by atoms with Crippen molar-refractivity contribution in [3.05, 3.63) is 58.1 Å². The number of benzene rings is 1. The summed E-state index contributed by atoms with van der Waals surface area (Å²) in [5.74, 6) is 0.160.